The van der Waals surface area contributed by atoms with Crippen molar-refractivity contribution in [3.05, 3.63) is 59.2 Å². The van der Waals surface area contributed by atoms with Gasteiger partial charge in [0.05, 0.1) is 0 Å². The summed E-state index contributed by atoms with van der Waals surface area (Å²) < 4.78 is 0. The molecule has 84 valence electrons. The highest BCUT2D eigenvalue weighted by Crippen LogP contribution is 2.28. The zero-order chi connectivity index (χ0) is 12.0. The fraction of sp³-hybridized carbons (Fsp3) is 0.176. The van der Waals surface area contributed by atoms with Crippen LogP contribution in [0, 0.1) is 20.8 Å². The topological polar surface area (TPSA) is 0 Å². The Balaban J connectivity index is 2.52. The quantitative estimate of drug-likeness (QED) is 0.472. The van der Waals surface area contributed by atoms with Gasteiger partial charge in [-0.2, -0.15) is 0 Å². The lowest BCUT2D eigenvalue weighted by atomic mass is 9.96. The van der Waals surface area contributed by atoms with E-state index in [4.69, 9.17) is 0 Å². The molecule has 0 nitrogen and oxygen atoms in total. The third-order valence-corrected chi connectivity index (χ3v) is 3.53. The Morgan fingerprint density at radius 3 is 1.53 bits per heavy atom. The van der Waals surface area contributed by atoms with Crippen LogP contribution in [0.1, 0.15) is 16.7 Å². The van der Waals surface area contributed by atoms with Crippen LogP contribution in [0.25, 0.3) is 21.5 Å². The summed E-state index contributed by atoms with van der Waals surface area (Å²) in [6.45, 7) is 6.51. The molecule has 0 heterocycles. The molecule has 0 aliphatic heterocycles. The maximum absolute atomic E-state index is 2.30. The van der Waals surface area contributed by atoms with E-state index in [0.717, 1.165) is 0 Å². The molecule has 0 radical (unpaired) electrons. The lowest BCUT2D eigenvalue weighted by molar-refractivity contribution is 1.48. The van der Waals surface area contributed by atoms with E-state index in [9.17, 15) is 0 Å². The van der Waals surface area contributed by atoms with Gasteiger partial charge in [-0.15, -0.1) is 0 Å². The third-order valence-electron chi connectivity index (χ3n) is 3.53. The minimum absolute atomic E-state index is 1.32. The fourth-order valence-electron chi connectivity index (χ4n) is 2.60. The van der Waals surface area contributed by atoms with Gasteiger partial charge < -0.3 is 0 Å². The lowest BCUT2D eigenvalue weighted by Crippen LogP contribution is -1.85. The first-order valence-corrected chi connectivity index (χ1v) is 6.05. The SMILES string of the molecule is Cc1ccc2c(C)c3ccc(C)cc3cc2c1. The van der Waals surface area contributed by atoms with Crippen molar-refractivity contribution >= 4 is 21.5 Å². The van der Waals surface area contributed by atoms with Crippen LogP contribution in [0.2, 0.25) is 0 Å². The van der Waals surface area contributed by atoms with Crippen molar-refractivity contribution < 1.29 is 0 Å². The van der Waals surface area contributed by atoms with E-state index in [0.29, 0.717) is 0 Å². The maximum Gasteiger partial charge on any atom is -0.0148 e. The minimum Gasteiger partial charge on any atom is -0.0587 e. The van der Waals surface area contributed by atoms with Crippen molar-refractivity contribution in [2.75, 3.05) is 0 Å². The Hall–Kier alpha value is -1.82. The molecule has 0 amide bonds. The second-order valence-corrected chi connectivity index (χ2v) is 4.95. The van der Waals surface area contributed by atoms with Gasteiger partial charge in [0.1, 0.15) is 0 Å². The van der Waals surface area contributed by atoms with Crippen LogP contribution in [0.4, 0.5) is 0 Å². The zero-order valence-electron chi connectivity index (χ0n) is 10.5. The number of rotatable bonds is 0. The molecule has 17 heavy (non-hydrogen) atoms. The fourth-order valence-corrected chi connectivity index (χ4v) is 2.60. The molecular formula is C17H16. The Labute approximate surface area is 102 Å². The summed E-state index contributed by atoms with van der Waals surface area (Å²) >= 11 is 0. The number of fused-ring (bicyclic) bond motifs is 2. The predicted molar refractivity (Wildman–Crippen MR) is 75.7 cm³/mol. The van der Waals surface area contributed by atoms with Crippen molar-refractivity contribution in [1.29, 1.82) is 0 Å². The summed E-state index contributed by atoms with van der Waals surface area (Å²) in [5, 5.41) is 5.43. The standard InChI is InChI=1S/C17H16/c1-11-4-6-16-13(3)17-7-5-12(2)9-15(17)10-14(16)8-11/h4-10H,1-3H3. The summed E-state index contributed by atoms with van der Waals surface area (Å²) in [6.07, 6.45) is 0. The van der Waals surface area contributed by atoms with E-state index < -0.39 is 0 Å². The summed E-state index contributed by atoms with van der Waals surface area (Å²) in [4.78, 5) is 0. The van der Waals surface area contributed by atoms with E-state index in [2.05, 4.69) is 63.2 Å². The molecule has 0 N–H and O–H groups in total. The first kappa shape index (κ1) is 10.3. The van der Waals surface area contributed by atoms with Gasteiger partial charge in [-0.1, -0.05) is 47.5 Å². The van der Waals surface area contributed by atoms with Crippen LogP contribution >= 0.6 is 0 Å². The largest absolute Gasteiger partial charge is 0.0587 e. The number of hydrogen-bond donors (Lipinski definition) is 0. The molecular weight excluding hydrogens is 204 g/mol. The highest BCUT2D eigenvalue weighted by Gasteiger charge is 2.04. The van der Waals surface area contributed by atoms with Crippen molar-refractivity contribution in [2.24, 2.45) is 0 Å². The van der Waals surface area contributed by atoms with Crippen molar-refractivity contribution in [2.45, 2.75) is 20.8 Å². The Morgan fingerprint density at radius 2 is 1.06 bits per heavy atom. The highest BCUT2D eigenvalue weighted by molar-refractivity contribution is 6.02. The van der Waals surface area contributed by atoms with E-state index in [1.807, 2.05) is 0 Å². The highest BCUT2D eigenvalue weighted by atomic mass is 14.1. The van der Waals surface area contributed by atoms with Crippen LogP contribution in [-0.2, 0) is 0 Å². The van der Waals surface area contributed by atoms with Gasteiger partial charge in [0.25, 0.3) is 0 Å². The normalized spacial score (nSPS) is 11.2. The second-order valence-electron chi connectivity index (χ2n) is 4.95. The molecule has 3 aromatic carbocycles. The first-order chi connectivity index (χ1) is 8.15. The van der Waals surface area contributed by atoms with Gasteiger partial charge in [0.15, 0.2) is 0 Å². The molecule has 0 atom stereocenters. The molecule has 0 heteroatoms. The van der Waals surface area contributed by atoms with Crippen LogP contribution < -0.4 is 0 Å². The molecule has 0 saturated carbocycles. The van der Waals surface area contributed by atoms with Gasteiger partial charge >= 0.3 is 0 Å². The molecule has 0 spiro atoms. The van der Waals surface area contributed by atoms with Crippen molar-refractivity contribution in [3.63, 3.8) is 0 Å². The number of hydrogen-bond acceptors (Lipinski definition) is 0. The van der Waals surface area contributed by atoms with Crippen LogP contribution in [0.5, 0.6) is 0 Å². The molecule has 3 aromatic rings. The van der Waals surface area contributed by atoms with E-state index in [1.165, 1.54) is 38.2 Å². The molecule has 0 bridgehead atoms. The van der Waals surface area contributed by atoms with Crippen LogP contribution in [0.3, 0.4) is 0 Å². The Morgan fingerprint density at radius 1 is 0.588 bits per heavy atom. The van der Waals surface area contributed by atoms with Crippen LogP contribution in [0.15, 0.2) is 42.5 Å². The van der Waals surface area contributed by atoms with Crippen molar-refractivity contribution in [1.82, 2.24) is 0 Å². The second kappa shape index (κ2) is 3.59. The van der Waals surface area contributed by atoms with Crippen LogP contribution in [-0.4, -0.2) is 0 Å². The molecule has 0 aromatic heterocycles. The third kappa shape index (κ3) is 1.61. The molecule has 0 aliphatic rings. The van der Waals surface area contributed by atoms with E-state index in [-0.39, 0.29) is 0 Å². The Kier molecular flexibility index (Phi) is 2.19. The lowest BCUT2D eigenvalue weighted by Gasteiger charge is -2.09. The summed E-state index contributed by atoms with van der Waals surface area (Å²) in [6, 6.07) is 15.7. The molecule has 0 saturated heterocycles. The average molecular weight is 220 g/mol. The zero-order valence-corrected chi connectivity index (χ0v) is 10.5. The van der Waals surface area contributed by atoms with Crippen molar-refractivity contribution in [3.8, 4) is 0 Å². The van der Waals surface area contributed by atoms with E-state index in [1.54, 1.807) is 0 Å². The average Bonchev–Trinajstić information content (AvgIpc) is 2.28. The van der Waals surface area contributed by atoms with Gasteiger partial charge in [-0.3, -0.25) is 0 Å². The molecule has 0 fully saturated rings. The van der Waals surface area contributed by atoms with Gasteiger partial charge in [-0.25, -0.2) is 0 Å². The Bertz CT molecular complexity index is 661. The van der Waals surface area contributed by atoms with E-state index >= 15 is 0 Å². The molecule has 3 rings (SSSR count). The van der Waals surface area contributed by atoms with Gasteiger partial charge in [0, 0.05) is 0 Å². The number of benzene rings is 3. The van der Waals surface area contributed by atoms with Gasteiger partial charge in [0.2, 0.25) is 0 Å². The predicted octanol–water partition coefficient (Wildman–Crippen LogP) is 4.92. The molecule has 0 unspecified atom stereocenters. The summed E-state index contributed by atoms with van der Waals surface area (Å²) in [5.41, 5.74) is 4.03. The van der Waals surface area contributed by atoms with Gasteiger partial charge in [-0.05, 0) is 53.9 Å². The number of aryl methyl sites for hydroxylation is 3. The monoisotopic (exact) mass is 220 g/mol. The summed E-state index contributed by atoms with van der Waals surface area (Å²) in [5.74, 6) is 0. The summed E-state index contributed by atoms with van der Waals surface area (Å²) in [7, 11) is 0. The maximum atomic E-state index is 2.30. The smallest absolute Gasteiger partial charge is 0.0148 e. The molecule has 0 aliphatic carbocycles. The first-order valence-electron chi connectivity index (χ1n) is 6.05. The minimum atomic E-state index is 1.32.